The van der Waals surface area contributed by atoms with E-state index >= 15 is 0 Å². The average molecular weight is 653 g/mol. The number of unbranched alkanes of at least 4 members (excludes halogenated alkanes) is 8. The molecule has 0 aliphatic carbocycles. The number of carbonyl (C=O) groups excluding carboxylic acids is 4. The number of carbonyl (C=O) groups is 4. The summed E-state index contributed by atoms with van der Waals surface area (Å²) < 4.78 is 0. The van der Waals surface area contributed by atoms with Gasteiger partial charge in [-0.15, -0.1) is 0 Å². The van der Waals surface area contributed by atoms with Crippen molar-refractivity contribution in [2.75, 3.05) is 0 Å². The molecule has 0 aromatic rings. The monoisotopic (exact) mass is 653 g/mol. The molecule has 0 aliphatic heterocycles. The molecule has 0 amide bonds. The summed E-state index contributed by atoms with van der Waals surface area (Å²) in [5, 5.41) is 39.1. The molecular weight excluding hydrogens is 608 g/mol. The van der Waals surface area contributed by atoms with Crippen LogP contribution in [0, 0.1) is 0 Å². The van der Waals surface area contributed by atoms with Gasteiger partial charge in [0.2, 0.25) is 0 Å². The van der Waals surface area contributed by atoms with Gasteiger partial charge < -0.3 is 39.6 Å². The van der Waals surface area contributed by atoms with Crippen molar-refractivity contribution in [2.24, 2.45) is 0 Å². The van der Waals surface area contributed by atoms with Crippen LogP contribution in [0.1, 0.15) is 130 Å². The van der Waals surface area contributed by atoms with Crippen LogP contribution in [0.3, 0.4) is 0 Å². The maximum absolute atomic E-state index is 9.76. The summed E-state index contributed by atoms with van der Waals surface area (Å²) in [6.07, 6.45) is 12.1. The summed E-state index contributed by atoms with van der Waals surface area (Å²) in [5.74, 6) is -3.73. The van der Waals surface area contributed by atoms with Crippen molar-refractivity contribution in [1.82, 2.24) is 0 Å². The number of aliphatic carboxylic acids is 4. The molecule has 0 aromatic carbocycles. The molecular formula is C24H44IrO8. The first-order chi connectivity index (χ1) is 15.1. The Morgan fingerprint density at radius 2 is 0.545 bits per heavy atom. The van der Waals surface area contributed by atoms with Gasteiger partial charge in [-0.1, -0.05) is 79.1 Å². The summed E-state index contributed by atoms with van der Waals surface area (Å²) in [5.41, 5.74) is 0. The van der Waals surface area contributed by atoms with E-state index in [0.29, 0.717) is 0 Å². The quantitative estimate of drug-likeness (QED) is 0.225. The van der Waals surface area contributed by atoms with Crippen molar-refractivity contribution in [2.45, 2.75) is 130 Å². The molecule has 1 radical (unpaired) electrons. The van der Waals surface area contributed by atoms with Gasteiger partial charge >= 0.3 is 20.1 Å². The molecule has 0 unspecified atom stereocenters. The third-order valence-electron chi connectivity index (χ3n) is 3.94. The van der Waals surface area contributed by atoms with Crippen LogP contribution in [0.25, 0.3) is 0 Å². The standard InChI is InChI=1S/4C6H12O2.Ir/c4*1-2-3-4-5-6(7)8;/h4*2-5H2,1H3,(H,7,8);/q;;;;+4/p-4. The number of carboxylic acid groups (broad SMARTS) is 4. The van der Waals surface area contributed by atoms with Crippen molar-refractivity contribution in [3.8, 4) is 0 Å². The molecule has 0 saturated heterocycles. The van der Waals surface area contributed by atoms with E-state index in [1.165, 1.54) is 0 Å². The normalized spacial score (nSPS) is 8.85. The Bertz CT molecular complexity index is 362. The van der Waals surface area contributed by atoms with Crippen LogP contribution < -0.4 is 20.4 Å². The number of carboxylic acids is 4. The second kappa shape index (κ2) is 37.8. The molecule has 0 bridgehead atoms. The summed E-state index contributed by atoms with van der Waals surface area (Å²) in [6.45, 7) is 8.15. The van der Waals surface area contributed by atoms with Crippen molar-refractivity contribution in [3.05, 3.63) is 0 Å². The van der Waals surface area contributed by atoms with Crippen LogP contribution in [-0.4, -0.2) is 23.9 Å². The molecule has 0 spiro atoms. The minimum Gasteiger partial charge on any atom is -0.550 e. The molecule has 33 heavy (non-hydrogen) atoms. The van der Waals surface area contributed by atoms with Crippen LogP contribution in [0.15, 0.2) is 0 Å². The van der Waals surface area contributed by atoms with Crippen LogP contribution in [0.4, 0.5) is 0 Å². The van der Waals surface area contributed by atoms with E-state index in [2.05, 4.69) is 0 Å². The van der Waals surface area contributed by atoms with Crippen molar-refractivity contribution in [3.63, 3.8) is 0 Å². The van der Waals surface area contributed by atoms with Crippen LogP contribution in [-0.2, 0) is 39.3 Å². The molecule has 0 aliphatic rings. The summed E-state index contributed by atoms with van der Waals surface area (Å²) >= 11 is 0. The van der Waals surface area contributed by atoms with Crippen molar-refractivity contribution >= 4 is 23.9 Å². The van der Waals surface area contributed by atoms with Gasteiger partial charge in [0.25, 0.3) is 0 Å². The smallest absolute Gasteiger partial charge is 0.550 e. The zero-order valence-electron chi connectivity index (χ0n) is 20.9. The SMILES string of the molecule is CCCCCC(=O)[O-].CCCCCC(=O)[O-].CCCCCC(=O)[O-].CCCCCC(=O)[O-].[Ir+4]. The minimum absolute atomic E-state index is 0. The van der Waals surface area contributed by atoms with E-state index in [1.54, 1.807) is 0 Å². The molecule has 0 heterocycles. The van der Waals surface area contributed by atoms with E-state index in [1.807, 2.05) is 27.7 Å². The number of hydrogen-bond donors (Lipinski definition) is 0. The van der Waals surface area contributed by atoms with Crippen LogP contribution >= 0.6 is 0 Å². The Morgan fingerprint density at radius 3 is 0.636 bits per heavy atom. The molecule has 9 heteroatoms. The van der Waals surface area contributed by atoms with Crippen molar-refractivity contribution in [1.29, 1.82) is 0 Å². The summed E-state index contributed by atoms with van der Waals surface area (Å²) in [6, 6.07) is 0. The predicted molar refractivity (Wildman–Crippen MR) is 117 cm³/mol. The van der Waals surface area contributed by atoms with Gasteiger partial charge in [-0.05, 0) is 51.4 Å². The van der Waals surface area contributed by atoms with Gasteiger partial charge in [-0.25, -0.2) is 0 Å². The first kappa shape index (κ1) is 41.8. The topological polar surface area (TPSA) is 161 Å². The van der Waals surface area contributed by atoms with Gasteiger partial charge in [0.05, 0.1) is 0 Å². The second-order valence-electron chi connectivity index (χ2n) is 7.32. The Morgan fingerprint density at radius 1 is 0.394 bits per heavy atom. The zero-order valence-corrected chi connectivity index (χ0v) is 23.3. The van der Waals surface area contributed by atoms with E-state index in [0.717, 1.165) is 77.0 Å². The summed E-state index contributed by atoms with van der Waals surface area (Å²) in [4.78, 5) is 39.1. The van der Waals surface area contributed by atoms with Crippen LogP contribution in [0.5, 0.6) is 0 Å². The molecule has 0 N–H and O–H groups in total. The molecule has 0 atom stereocenters. The predicted octanol–water partition coefficient (Wildman–Crippen LogP) is 1.26. The Labute approximate surface area is 213 Å². The third-order valence-corrected chi connectivity index (χ3v) is 3.94. The molecule has 0 aromatic heterocycles. The largest absolute Gasteiger partial charge is 4.00 e. The molecule has 0 rings (SSSR count). The number of hydrogen-bond acceptors (Lipinski definition) is 8. The van der Waals surface area contributed by atoms with Crippen LogP contribution in [0.2, 0.25) is 0 Å². The maximum Gasteiger partial charge on any atom is 4.00 e. The Kier molecular flexibility index (Phi) is 47.9. The summed E-state index contributed by atoms with van der Waals surface area (Å²) in [7, 11) is 0. The van der Waals surface area contributed by atoms with Crippen molar-refractivity contribution < 1.29 is 59.7 Å². The van der Waals surface area contributed by atoms with Gasteiger partial charge in [0.1, 0.15) is 0 Å². The van der Waals surface area contributed by atoms with E-state index < -0.39 is 23.9 Å². The first-order valence-corrected chi connectivity index (χ1v) is 11.9. The zero-order chi connectivity index (χ0) is 25.6. The fourth-order valence-electron chi connectivity index (χ4n) is 2.08. The first-order valence-electron chi connectivity index (χ1n) is 11.9. The Hall–Kier alpha value is -1.47. The van der Waals surface area contributed by atoms with E-state index in [4.69, 9.17) is 0 Å². The molecule has 8 nitrogen and oxygen atoms in total. The molecule has 0 fully saturated rings. The third kappa shape index (κ3) is 72.4. The molecule has 0 saturated carbocycles. The minimum atomic E-state index is -0.932. The van der Waals surface area contributed by atoms with E-state index in [-0.39, 0.29) is 45.8 Å². The fourth-order valence-corrected chi connectivity index (χ4v) is 2.08. The average Bonchev–Trinajstić information content (AvgIpc) is 2.69. The van der Waals surface area contributed by atoms with E-state index in [9.17, 15) is 39.6 Å². The van der Waals surface area contributed by atoms with Gasteiger partial charge in [0.15, 0.2) is 0 Å². The van der Waals surface area contributed by atoms with Gasteiger partial charge in [-0.3, -0.25) is 0 Å². The second-order valence-corrected chi connectivity index (χ2v) is 7.32. The number of rotatable bonds is 16. The fraction of sp³-hybridized carbons (Fsp3) is 0.833. The molecule has 197 valence electrons. The van der Waals surface area contributed by atoms with Gasteiger partial charge in [-0.2, -0.15) is 0 Å². The maximum atomic E-state index is 9.76. The van der Waals surface area contributed by atoms with Gasteiger partial charge in [0, 0.05) is 23.9 Å². The Balaban J connectivity index is -0.000000105.